The summed E-state index contributed by atoms with van der Waals surface area (Å²) in [5, 5.41) is 2.51. The summed E-state index contributed by atoms with van der Waals surface area (Å²) in [7, 11) is 0. The number of nitrogens with zero attached hydrogens (tertiary/aromatic N) is 1. The van der Waals surface area contributed by atoms with Crippen molar-refractivity contribution in [1.82, 2.24) is 0 Å². The fourth-order valence-corrected chi connectivity index (χ4v) is 10.4. The fourth-order valence-electron chi connectivity index (χ4n) is 9.14. The zero-order chi connectivity index (χ0) is 36.3. The summed E-state index contributed by atoms with van der Waals surface area (Å²) in [4.78, 5) is 5.03. The van der Waals surface area contributed by atoms with E-state index in [1.165, 1.54) is 76.2 Å². The maximum atomic E-state index is 2.39. The average molecular weight is 718 g/mol. The molecule has 0 atom stereocenters. The van der Waals surface area contributed by atoms with Gasteiger partial charge in [-0.25, -0.2) is 0 Å². The zero-order valence-corrected chi connectivity index (χ0v) is 30.9. The van der Waals surface area contributed by atoms with Crippen molar-refractivity contribution in [2.24, 2.45) is 0 Å². The summed E-state index contributed by atoms with van der Waals surface area (Å²) in [5.74, 6) is 0. The Morgan fingerprint density at radius 2 is 0.818 bits per heavy atom. The van der Waals surface area contributed by atoms with Gasteiger partial charge in [-0.1, -0.05) is 176 Å². The number of rotatable bonds is 5. The first-order chi connectivity index (χ1) is 27.3. The van der Waals surface area contributed by atoms with Gasteiger partial charge in [-0.15, -0.1) is 0 Å². The van der Waals surface area contributed by atoms with Gasteiger partial charge in [0, 0.05) is 26.9 Å². The minimum absolute atomic E-state index is 0.425. The SMILES string of the molecule is c1ccc(-c2ccc(N(c3ccc(-c4ccccc4)cc3)c3ccc4c5c(ccc4c3)Sc3ccccc3C53c4ccccc4-c4ccccc43)cc2)cc1. The molecule has 1 nitrogen and oxygen atoms in total. The molecular formula is C53H35NS. The minimum Gasteiger partial charge on any atom is -0.310 e. The van der Waals surface area contributed by atoms with E-state index in [1.54, 1.807) is 0 Å². The molecule has 0 bridgehead atoms. The van der Waals surface area contributed by atoms with Crippen molar-refractivity contribution in [3.8, 4) is 33.4 Å². The molecule has 0 radical (unpaired) electrons. The molecule has 0 saturated carbocycles. The van der Waals surface area contributed by atoms with Crippen molar-refractivity contribution < 1.29 is 0 Å². The Balaban J connectivity index is 1.11. The number of fused-ring (bicyclic) bond motifs is 11. The molecule has 0 fully saturated rings. The van der Waals surface area contributed by atoms with Crippen LogP contribution in [0.1, 0.15) is 22.3 Å². The third-order valence-corrected chi connectivity index (χ3v) is 12.7. The van der Waals surface area contributed by atoms with Crippen molar-refractivity contribution in [2.45, 2.75) is 15.2 Å². The second-order valence-corrected chi connectivity index (χ2v) is 15.5. The van der Waals surface area contributed by atoms with Gasteiger partial charge < -0.3 is 4.90 Å². The van der Waals surface area contributed by atoms with Gasteiger partial charge in [-0.2, -0.15) is 0 Å². The maximum absolute atomic E-state index is 2.39. The van der Waals surface area contributed by atoms with Gasteiger partial charge in [0.15, 0.2) is 0 Å². The molecule has 9 aromatic carbocycles. The van der Waals surface area contributed by atoms with Gasteiger partial charge in [0.25, 0.3) is 0 Å². The van der Waals surface area contributed by atoms with Crippen LogP contribution in [0, 0.1) is 0 Å². The van der Waals surface area contributed by atoms with Gasteiger partial charge in [0.2, 0.25) is 0 Å². The molecule has 2 heteroatoms. The lowest BCUT2D eigenvalue weighted by Crippen LogP contribution is -2.32. The Morgan fingerprint density at radius 1 is 0.345 bits per heavy atom. The summed E-state index contributed by atoms with van der Waals surface area (Å²) in [6.07, 6.45) is 0. The van der Waals surface area contributed by atoms with E-state index in [4.69, 9.17) is 0 Å². The molecule has 11 rings (SSSR count). The van der Waals surface area contributed by atoms with E-state index in [0.29, 0.717) is 0 Å². The van der Waals surface area contributed by atoms with Gasteiger partial charge in [-0.3, -0.25) is 0 Å². The Labute approximate surface area is 326 Å². The summed E-state index contributed by atoms with van der Waals surface area (Å²) < 4.78 is 0. The molecule has 1 aliphatic carbocycles. The standard InChI is InChI=1S/C53H35NS/c1-3-13-36(14-4-1)38-23-28-41(29-24-38)54(42-30-25-39(26-31-42)37-15-5-2-6-16-37)43-32-33-44-40(35-43)27-34-51-52(44)53(49-21-11-12-22-50(49)55-51)47-19-9-7-17-45(47)46-18-8-10-20-48(46)53/h1-35H. The monoisotopic (exact) mass is 717 g/mol. The second-order valence-electron chi connectivity index (χ2n) is 14.4. The van der Waals surface area contributed by atoms with Crippen molar-refractivity contribution in [1.29, 1.82) is 0 Å². The van der Waals surface area contributed by atoms with E-state index < -0.39 is 5.41 Å². The predicted molar refractivity (Wildman–Crippen MR) is 231 cm³/mol. The van der Waals surface area contributed by atoms with E-state index in [1.807, 2.05) is 11.8 Å². The lowest BCUT2D eigenvalue weighted by atomic mass is 9.66. The van der Waals surface area contributed by atoms with Crippen LogP contribution in [0.5, 0.6) is 0 Å². The van der Waals surface area contributed by atoms with Gasteiger partial charge in [0.1, 0.15) is 0 Å². The fraction of sp³-hybridized carbons (Fsp3) is 0.0189. The Morgan fingerprint density at radius 3 is 1.40 bits per heavy atom. The molecule has 0 unspecified atom stereocenters. The highest BCUT2D eigenvalue weighted by Crippen LogP contribution is 2.63. The zero-order valence-electron chi connectivity index (χ0n) is 30.1. The molecule has 2 aliphatic rings. The molecule has 0 aromatic heterocycles. The molecule has 0 N–H and O–H groups in total. The molecule has 1 aliphatic heterocycles. The predicted octanol–water partition coefficient (Wildman–Crippen LogP) is 14.5. The third kappa shape index (κ3) is 4.95. The van der Waals surface area contributed by atoms with Crippen LogP contribution in [-0.2, 0) is 5.41 Å². The number of hydrogen-bond acceptors (Lipinski definition) is 2. The van der Waals surface area contributed by atoms with E-state index in [-0.39, 0.29) is 0 Å². The van der Waals surface area contributed by atoms with Crippen LogP contribution in [-0.4, -0.2) is 0 Å². The number of hydrogen-bond donors (Lipinski definition) is 0. The summed E-state index contributed by atoms with van der Waals surface area (Å²) in [5.41, 5.74) is 15.9. The smallest absolute Gasteiger partial charge is 0.0741 e. The van der Waals surface area contributed by atoms with Crippen molar-refractivity contribution in [3.05, 3.63) is 235 Å². The molecule has 9 aromatic rings. The van der Waals surface area contributed by atoms with Crippen molar-refractivity contribution >= 4 is 39.6 Å². The lowest BCUT2D eigenvalue weighted by Gasteiger charge is -2.40. The third-order valence-electron chi connectivity index (χ3n) is 11.5. The van der Waals surface area contributed by atoms with E-state index in [2.05, 4.69) is 217 Å². The van der Waals surface area contributed by atoms with E-state index in [9.17, 15) is 0 Å². The molecule has 1 heterocycles. The highest BCUT2D eigenvalue weighted by molar-refractivity contribution is 7.99. The number of benzene rings is 9. The number of anilines is 3. The van der Waals surface area contributed by atoms with Crippen LogP contribution >= 0.6 is 11.8 Å². The molecule has 0 saturated heterocycles. The molecular weight excluding hydrogens is 683 g/mol. The van der Waals surface area contributed by atoms with Crippen LogP contribution in [0.15, 0.2) is 222 Å². The highest BCUT2D eigenvalue weighted by atomic mass is 32.2. The minimum atomic E-state index is -0.425. The Bertz CT molecular complexity index is 2750. The van der Waals surface area contributed by atoms with Gasteiger partial charge in [-0.05, 0) is 115 Å². The Hall–Kier alpha value is -6.61. The lowest BCUT2D eigenvalue weighted by molar-refractivity contribution is 0.730. The first-order valence-electron chi connectivity index (χ1n) is 18.9. The first-order valence-corrected chi connectivity index (χ1v) is 19.7. The van der Waals surface area contributed by atoms with Crippen LogP contribution in [0.4, 0.5) is 17.1 Å². The molecule has 258 valence electrons. The van der Waals surface area contributed by atoms with Crippen molar-refractivity contribution in [2.75, 3.05) is 4.90 Å². The van der Waals surface area contributed by atoms with Gasteiger partial charge >= 0.3 is 0 Å². The van der Waals surface area contributed by atoms with Crippen LogP contribution in [0.25, 0.3) is 44.2 Å². The normalized spacial score (nSPS) is 13.2. The first kappa shape index (κ1) is 31.9. The average Bonchev–Trinajstić information content (AvgIpc) is 3.55. The quantitative estimate of drug-likeness (QED) is 0.174. The van der Waals surface area contributed by atoms with Crippen molar-refractivity contribution in [3.63, 3.8) is 0 Å². The van der Waals surface area contributed by atoms with Gasteiger partial charge in [0.05, 0.1) is 5.41 Å². The molecule has 0 amide bonds. The maximum Gasteiger partial charge on any atom is 0.0741 e. The van der Waals surface area contributed by atoms with Crippen LogP contribution in [0.2, 0.25) is 0 Å². The summed E-state index contributed by atoms with van der Waals surface area (Å²) in [6.45, 7) is 0. The summed E-state index contributed by atoms with van der Waals surface area (Å²) in [6, 6.07) is 78.1. The molecule has 55 heavy (non-hydrogen) atoms. The van der Waals surface area contributed by atoms with Crippen LogP contribution in [0.3, 0.4) is 0 Å². The van der Waals surface area contributed by atoms with E-state index in [0.717, 1.165) is 17.1 Å². The second kappa shape index (κ2) is 12.8. The summed E-state index contributed by atoms with van der Waals surface area (Å²) >= 11 is 1.90. The largest absolute Gasteiger partial charge is 0.310 e. The highest BCUT2D eigenvalue weighted by Gasteiger charge is 2.50. The Kier molecular flexibility index (Phi) is 7.40. The van der Waals surface area contributed by atoms with Crippen LogP contribution < -0.4 is 4.90 Å². The van der Waals surface area contributed by atoms with E-state index >= 15 is 0 Å². The topological polar surface area (TPSA) is 3.24 Å². The molecule has 1 spiro atoms.